The van der Waals surface area contributed by atoms with E-state index in [1.807, 2.05) is 19.4 Å². The lowest BCUT2D eigenvalue weighted by Gasteiger charge is -2.17. The van der Waals surface area contributed by atoms with Crippen molar-refractivity contribution in [2.75, 3.05) is 0 Å². The lowest BCUT2D eigenvalue weighted by Crippen LogP contribution is -2.14. The number of aromatic nitrogens is 2. The average molecular weight is 195 g/mol. The van der Waals surface area contributed by atoms with Crippen LogP contribution in [0.25, 0.3) is 0 Å². The molecule has 0 fully saturated rings. The predicted octanol–water partition coefficient (Wildman–Crippen LogP) is 2.65. The molecule has 2 unspecified atom stereocenters. The Bertz CT molecular complexity index is 265. The third-order valence-electron chi connectivity index (χ3n) is 2.61. The minimum absolute atomic E-state index is 0.0709. The van der Waals surface area contributed by atoms with Gasteiger partial charge in [-0.25, -0.2) is 4.98 Å². The van der Waals surface area contributed by atoms with Crippen LogP contribution in [0.4, 0.5) is 0 Å². The first kappa shape index (κ1) is 11.2. The van der Waals surface area contributed by atoms with Crippen LogP contribution in [0.2, 0.25) is 0 Å². The summed E-state index contributed by atoms with van der Waals surface area (Å²) in [6.07, 6.45) is 7.46. The van der Waals surface area contributed by atoms with E-state index in [2.05, 4.69) is 23.4 Å². The molecule has 0 aliphatic carbocycles. The van der Waals surface area contributed by atoms with Crippen molar-refractivity contribution >= 4 is 0 Å². The lowest BCUT2D eigenvalue weighted by atomic mass is 10.1. The van der Waals surface area contributed by atoms with Gasteiger partial charge in [0.1, 0.15) is 0 Å². The van der Waals surface area contributed by atoms with E-state index in [1.165, 1.54) is 19.3 Å². The first-order valence-corrected chi connectivity index (χ1v) is 5.44. The van der Waals surface area contributed by atoms with E-state index < -0.39 is 0 Å². The number of hydrogen-bond donors (Lipinski definition) is 1. The van der Waals surface area contributed by atoms with E-state index in [-0.39, 0.29) is 6.04 Å². The summed E-state index contributed by atoms with van der Waals surface area (Å²) in [7, 11) is 0. The normalized spacial score (nSPS) is 15.4. The third kappa shape index (κ3) is 2.58. The molecule has 1 aromatic rings. The fraction of sp³-hybridized carbons (Fsp3) is 0.727. The summed E-state index contributed by atoms with van der Waals surface area (Å²) in [6, 6.07) is 0.583. The zero-order valence-electron chi connectivity index (χ0n) is 9.40. The molecule has 80 valence electrons. The Morgan fingerprint density at radius 1 is 1.50 bits per heavy atom. The highest BCUT2D eigenvalue weighted by Crippen LogP contribution is 2.19. The second kappa shape index (κ2) is 5.15. The van der Waals surface area contributed by atoms with Crippen LogP contribution in [0.3, 0.4) is 0 Å². The van der Waals surface area contributed by atoms with Crippen molar-refractivity contribution in [3.8, 4) is 0 Å². The quantitative estimate of drug-likeness (QED) is 0.785. The number of imidazole rings is 1. The van der Waals surface area contributed by atoms with Gasteiger partial charge in [-0.15, -0.1) is 0 Å². The van der Waals surface area contributed by atoms with Gasteiger partial charge in [0.2, 0.25) is 0 Å². The molecule has 1 rings (SSSR count). The van der Waals surface area contributed by atoms with Gasteiger partial charge in [0.05, 0.1) is 12.0 Å². The molecule has 0 spiro atoms. The van der Waals surface area contributed by atoms with Gasteiger partial charge in [0, 0.05) is 18.3 Å². The number of nitrogens with two attached hydrogens (primary N) is 1. The van der Waals surface area contributed by atoms with Crippen LogP contribution in [0.5, 0.6) is 0 Å². The maximum absolute atomic E-state index is 5.86. The van der Waals surface area contributed by atoms with Gasteiger partial charge >= 0.3 is 0 Å². The average Bonchev–Trinajstić information content (AvgIpc) is 2.62. The smallest absolute Gasteiger partial charge is 0.0951 e. The van der Waals surface area contributed by atoms with E-state index >= 15 is 0 Å². The fourth-order valence-corrected chi connectivity index (χ4v) is 1.67. The lowest BCUT2D eigenvalue weighted by molar-refractivity contribution is 0.463. The van der Waals surface area contributed by atoms with Crippen LogP contribution in [0, 0.1) is 0 Å². The number of unbranched alkanes of at least 4 members (excludes halogenated alkanes) is 1. The highest BCUT2D eigenvalue weighted by Gasteiger charge is 2.11. The van der Waals surface area contributed by atoms with Crippen LogP contribution in [-0.2, 0) is 0 Å². The molecule has 0 aliphatic rings. The topological polar surface area (TPSA) is 43.8 Å². The molecule has 1 aromatic heterocycles. The maximum atomic E-state index is 5.86. The molecule has 0 amide bonds. The first-order valence-electron chi connectivity index (χ1n) is 5.44. The van der Waals surface area contributed by atoms with Gasteiger partial charge in [-0.1, -0.05) is 19.8 Å². The molecule has 0 aliphatic heterocycles. The maximum Gasteiger partial charge on any atom is 0.0951 e. The van der Waals surface area contributed by atoms with Crippen molar-refractivity contribution in [1.29, 1.82) is 0 Å². The molecule has 0 bridgehead atoms. The van der Waals surface area contributed by atoms with Gasteiger partial charge in [0.15, 0.2) is 0 Å². The van der Waals surface area contributed by atoms with Gasteiger partial charge in [-0.05, 0) is 20.3 Å². The summed E-state index contributed by atoms with van der Waals surface area (Å²) in [5.41, 5.74) is 7.00. The van der Waals surface area contributed by atoms with Gasteiger partial charge in [0.25, 0.3) is 0 Å². The summed E-state index contributed by atoms with van der Waals surface area (Å²) in [5.74, 6) is 0. The Balaban J connectivity index is 2.68. The van der Waals surface area contributed by atoms with Crippen molar-refractivity contribution in [3.63, 3.8) is 0 Å². The van der Waals surface area contributed by atoms with Crippen LogP contribution in [0.1, 0.15) is 57.8 Å². The molecule has 1 heterocycles. The van der Waals surface area contributed by atoms with E-state index in [0.717, 1.165) is 5.69 Å². The Morgan fingerprint density at radius 3 is 2.79 bits per heavy atom. The second-order valence-corrected chi connectivity index (χ2v) is 4.01. The standard InChI is InChI=1S/C11H21N3/c1-4-5-6-9(2)14-8-13-7-11(14)10(3)12/h7-10H,4-6,12H2,1-3H3. The van der Waals surface area contributed by atoms with Gasteiger partial charge in [-0.2, -0.15) is 0 Å². The molecule has 3 nitrogen and oxygen atoms in total. The molecule has 3 heteroatoms. The molecular weight excluding hydrogens is 174 g/mol. The monoisotopic (exact) mass is 195 g/mol. The SMILES string of the molecule is CCCCC(C)n1cncc1C(C)N. The van der Waals surface area contributed by atoms with E-state index in [9.17, 15) is 0 Å². The summed E-state index contributed by atoms with van der Waals surface area (Å²) in [5, 5.41) is 0. The number of nitrogens with zero attached hydrogens (tertiary/aromatic N) is 2. The Labute approximate surface area is 86.3 Å². The molecule has 0 saturated carbocycles. The van der Waals surface area contributed by atoms with E-state index in [4.69, 9.17) is 5.73 Å². The van der Waals surface area contributed by atoms with E-state index in [1.54, 1.807) is 0 Å². The van der Waals surface area contributed by atoms with Crippen LogP contribution in [-0.4, -0.2) is 9.55 Å². The van der Waals surface area contributed by atoms with Crippen molar-refractivity contribution in [2.45, 2.75) is 52.1 Å². The minimum Gasteiger partial charge on any atom is -0.330 e. The highest BCUT2D eigenvalue weighted by molar-refractivity contribution is 5.04. The summed E-state index contributed by atoms with van der Waals surface area (Å²) in [6.45, 7) is 6.44. The number of rotatable bonds is 5. The molecule has 2 N–H and O–H groups in total. The zero-order valence-corrected chi connectivity index (χ0v) is 9.40. The summed E-state index contributed by atoms with van der Waals surface area (Å²) < 4.78 is 2.19. The van der Waals surface area contributed by atoms with Crippen molar-refractivity contribution in [2.24, 2.45) is 5.73 Å². The Kier molecular flexibility index (Phi) is 4.14. The van der Waals surface area contributed by atoms with Crippen molar-refractivity contribution in [1.82, 2.24) is 9.55 Å². The predicted molar refractivity (Wildman–Crippen MR) is 59.1 cm³/mol. The molecule has 0 radical (unpaired) electrons. The zero-order chi connectivity index (χ0) is 10.6. The molecule has 14 heavy (non-hydrogen) atoms. The molecular formula is C11H21N3. The van der Waals surface area contributed by atoms with Crippen molar-refractivity contribution in [3.05, 3.63) is 18.2 Å². The Morgan fingerprint density at radius 2 is 2.21 bits per heavy atom. The largest absolute Gasteiger partial charge is 0.330 e. The minimum atomic E-state index is 0.0709. The van der Waals surface area contributed by atoms with Gasteiger partial charge in [-0.3, -0.25) is 0 Å². The highest BCUT2D eigenvalue weighted by atomic mass is 15.1. The van der Waals surface area contributed by atoms with Crippen LogP contribution < -0.4 is 5.73 Å². The molecule has 0 saturated heterocycles. The molecule has 0 aromatic carbocycles. The number of hydrogen-bond acceptors (Lipinski definition) is 2. The van der Waals surface area contributed by atoms with Gasteiger partial charge < -0.3 is 10.3 Å². The van der Waals surface area contributed by atoms with Crippen LogP contribution in [0.15, 0.2) is 12.5 Å². The first-order chi connectivity index (χ1) is 6.66. The second-order valence-electron chi connectivity index (χ2n) is 4.01. The summed E-state index contributed by atoms with van der Waals surface area (Å²) >= 11 is 0. The van der Waals surface area contributed by atoms with Crippen LogP contribution >= 0.6 is 0 Å². The molecule has 2 atom stereocenters. The third-order valence-corrected chi connectivity index (χ3v) is 2.61. The van der Waals surface area contributed by atoms with E-state index in [0.29, 0.717) is 6.04 Å². The van der Waals surface area contributed by atoms with Crippen molar-refractivity contribution < 1.29 is 0 Å². The summed E-state index contributed by atoms with van der Waals surface area (Å²) in [4.78, 5) is 4.16. The fourth-order valence-electron chi connectivity index (χ4n) is 1.67. The Hall–Kier alpha value is -0.830.